The van der Waals surface area contributed by atoms with Gasteiger partial charge in [0.1, 0.15) is 5.82 Å². The number of nitrogens with zero attached hydrogens (tertiary/aromatic N) is 2. The smallest absolute Gasteiger partial charge is 0.402 e. The lowest BCUT2D eigenvalue weighted by atomic mass is 9.79. The molecule has 0 aliphatic carbocycles. The average molecular weight is 307 g/mol. The lowest BCUT2D eigenvalue weighted by molar-refractivity contribution is 0.00578. The highest BCUT2D eigenvalue weighted by molar-refractivity contribution is 6.47. The Kier molecular flexibility index (Phi) is 6.01. The summed E-state index contributed by atoms with van der Waals surface area (Å²) in [5.41, 5.74) is 3.43. The van der Waals surface area contributed by atoms with Gasteiger partial charge < -0.3 is 14.7 Å². The number of aliphatic imine (C=N–C) groups is 1. The van der Waals surface area contributed by atoms with Gasteiger partial charge in [0, 0.05) is 13.3 Å². The van der Waals surface area contributed by atoms with Gasteiger partial charge in [-0.15, -0.1) is 0 Å². The van der Waals surface area contributed by atoms with Crippen LogP contribution >= 0.6 is 0 Å². The fourth-order valence-corrected chi connectivity index (χ4v) is 1.86. The lowest BCUT2D eigenvalue weighted by Gasteiger charge is -2.32. The first-order valence-electron chi connectivity index (χ1n) is 7.76. The number of hydrazine groups is 1. The Morgan fingerprint density at radius 2 is 1.77 bits per heavy atom. The molecule has 1 unspecified atom stereocenters. The fraction of sp³-hybridized carbons (Fsp3) is 0.688. The quantitative estimate of drug-likeness (QED) is 0.446. The van der Waals surface area contributed by atoms with Crippen molar-refractivity contribution in [3.05, 3.63) is 24.6 Å². The molecule has 0 aromatic carbocycles. The Morgan fingerprint density at radius 1 is 1.27 bits per heavy atom. The van der Waals surface area contributed by atoms with E-state index in [9.17, 15) is 0 Å². The fourth-order valence-electron chi connectivity index (χ4n) is 1.86. The van der Waals surface area contributed by atoms with Gasteiger partial charge in [-0.05, 0) is 46.6 Å². The van der Waals surface area contributed by atoms with Crippen molar-refractivity contribution < 1.29 is 9.31 Å². The zero-order valence-electron chi connectivity index (χ0n) is 15.1. The molecule has 0 radical (unpaired) electrons. The molecule has 0 bridgehead atoms. The Bertz CT molecular complexity index is 444. The maximum Gasteiger partial charge on any atom is 0.477 e. The van der Waals surface area contributed by atoms with Crippen LogP contribution in [0.25, 0.3) is 0 Å². The van der Waals surface area contributed by atoms with Crippen LogP contribution in [0.15, 0.2) is 29.5 Å². The van der Waals surface area contributed by atoms with Crippen molar-refractivity contribution in [2.45, 2.75) is 65.1 Å². The van der Waals surface area contributed by atoms with E-state index in [1.165, 1.54) is 0 Å². The Balaban J connectivity index is 2.60. The number of hydrogen-bond donors (Lipinski definition) is 1. The van der Waals surface area contributed by atoms with E-state index in [1.54, 1.807) is 6.21 Å². The topological polar surface area (TPSA) is 46.1 Å². The van der Waals surface area contributed by atoms with Crippen molar-refractivity contribution in [2.24, 2.45) is 4.99 Å². The molecule has 124 valence electrons. The van der Waals surface area contributed by atoms with Gasteiger partial charge >= 0.3 is 7.12 Å². The monoisotopic (exact) mass is 307 g/mol. The second-order valence-corrected chi connectivity index (χ2v) is 6.80. The summed E-state index contributed by atoms with van der Waals surface area (Å²) in [7, 11) is 1.61. The average Bonchev–Trinajstić information content (AvgIpc) is 2.63. The number of hydrogen-bond acceptors (Lipinski definition) is 5. The minimum absolute atomic E-state index is 0.00220. The van der Waals surface area contributed by atoms with Crippen LogP contribution in [0, 0.1) is 0 Å². The Morgan fingerprint density at radius 3 is 2.23 bits per heavy atom. The van der Waals surface area contributed by atoms with E-state index >= 15 is 0 Å². The van der Waals surface area contributed by atoms with Gasteiger partial charge in [-0.2, -0.15) is 0 Å². The molecule has 6 heteroatoms. The van der Waals surface area contributed by atoms with E-state index in [0.717, 1.165) is 12.0 Å². The molecule has 1 saturated heterocycles. The predicted octanol–water partition coefficient (Wildman–Crippen LogP) is 2.95. The van der Waals surface area contributed by atoms with E-state index < -0.39 is 0 Å². The van der Waals surface area contributed by atoms with Crippen molar-refractivity contribution in [2.75, 3.05) is 7.05 Å². The number of rotatable bonds is 7. The first-order chi connectivity index (χ1) is 10.00. The molecule has 0 amide bonds. The number of allylic oxidation sites excluding steroid dienone is 1. The van der Waals surface area contributed by atoms with Crippen LogP contribution in [0.2, 0.25) is 0 Å². The van der Waals surface area contributed by atoms with Gasteiger partial charge in [-0.25, -0.2) is 10.0 Å². The molecule has 1 N–H and O–H groups in total. The van der Waals surface area contributed by atoms with Crippen LogP contribution in [-0.2, 0) is 9.31 Å². The minimum atomic E-state index is -0.333. The van der Waals surface area contributed by atoms with Crippen molar-refractivity contribution in [1.29, 1.82) is 0 Å². The maximum atomic E-state index is 6.06. The van der Waals surface area contributed by atoms with Crippen LogP contribution in [0.4, 0.5) is 0 Å². The van der Waals surface area contributed by atoms with Crippen LogP contribution < -0.4 is 5.43 Å². The zero-order valence-corrected chi connectivity index (χ0v) is 15.1. The van der Waals surface area contributed by atoms with Crippen LogP contribution in [0.3, 0.4) is 0 Å². The van der Waals surface area contributed by atoms with Gasteiger partial charge in [-0.1, -0.05) is 20.1 Å². The van der Waals surface area contributed by atoms with E-state index in [4.69, 9.17) is 9.31 Å². The predicted molar refractivity (Wildman–Crippen MR) is 93.5 cm³/mol. The molecule has 22 heavy (non-hydrogen) atoms. The molecule has 0 spiro atoms. The summed E-state index contributed by atoms with van der Waals surface area (Å²) in [5, 5.41) is 1.90. The third kappa shape index (κ3) is 4.45. The molecule has 0 aromatic heterocycles. The summed E-state index contributed by atoms with van der Waals surface area (Å²) in [6, 6.07) is 0. The second kappa shape index (κ2) is 6.98. The third-order valence-corrected chi connectivity index (χ3v) is 4.44. The van der Waals surface area contributed by atoms with Crippen molar-refractivity contribution in [3.63, 3.8) is 0 Å². The molecule has 0 saturated carbocycles. The van der Waals surface area contributed by atoms with Crippen LogP contribution in [0.1, 0.15) is 48.0 Å². The molecule has 5 nitrogen and oxygen atoms in total. The molecular formula is C16H30BN3O2. The van der Waals surface area contributed by atoms with Crippen molar-refractivity contribution in [3.8, 4) is 0 Å². The van der Waals surface area contributed by atoms with E-state index in [-0.39, 0.29) is 24.3 Å². The molecule has 1 aliphatic rings. The summed E-state index contributed by atoms with van der Waals surface area (Å²) in [5.74, 6) is 0.558. The Labute approximate surface area is 135 Å². The SMILES string of the molecule is C=C(C=NC(=C)NN(C)C(C)B1OC(C)(C)C(C)(C)O1)CC. The van der Waals surface area contributed by atoms with Crippen molar-refractivity contribution in [1.82, 2.24) is 10.4 Å². The van der Waals surface area contributed by atoms with E-state index in [1.807, 2.05) is 53.6 Å². The zero-order chi connectivity index (χ0) is 17.1. The largest absolute Gasteiger partial charge is 0.477 e. The van der Waals surface area contributed by atoms with Crippen LogP contribution in [-0.4, -0.2) is 42.5 Å². The highest BCUT2D eigenvalue weighted by Crippen LogP contribution is 2.37. The lowest BCUT2D eigenvalue weighted by Crippen LogP contribution is -2.50. The first-order valence-corrected chi connectivity index (χ1v) is 7.76. The molecular weight excluding hydrogens is 277 g/mol. The third-order valence-electron chi connectivity index (χ3n) is 4.44. The summed E-state index contributed by atoms with van der Waals surface area (Å²) < 4.78 is 12.1. The summed E-state index contributed by atoms with van der Waals surface area (Å²) in [4.78, 5) is 4.25. The summed E-state index contributed by atoms with van der Waals surface area (Å²) in [6.45, 7) is 20.0. The molecule has 1 fully saturated rings. The standard InChI is InChI=1S/C16H30BN3O2/c1-10-12(2)11-18-14(4)19-20(9)13(3)17-21-15(5,6)16(7,8)22-17/h11,13,19H,2,4,10H2,1,3,5-9H3. The normalized spacial score (nSPS) is 21.4. The van der Waals surface area contributed by atoms with E-state index in [2.05, 4.69) is 23.6 Å². The van der Waals surface area contributed by atoms with Gasteiger partial charge in [0.05, 0.1) is 17.1 Å². The summed E-state index contributed by atoms with van der Waals surface area (Å²) in [6.07, 6.45) is 2.60. The Hall–Kier alpha value is -1.11. The molecule has 1 heterocycles. The number of nitrogens with one attached hydrogen (secondary N) is 1. The highest BCUT2D eigenvalue weighted by Gasteiger charge is 2.53. The van der Waals surface area contributed by atoms with Gasteiger partial charge in [-0.3, -0.25) is 0 Å². The van der Waals surface area contributed by atoms with Crippen LogP contribution in [0.5, 0.6) is 0 Å². The minimum Gasteiger partial charge on any atom is -0.402 e. The molecule has 0 aromatic rings. The van der Waals surface area contributed by atoms with E-state index in [0.29, 0.717) is 5.82 Å². The van der Waals surface area contributed by atoms with Gasteiger partial charge in [0.2, 0.25) is 0 Å². The van der Waals surface area contributed by atoms with Crippen molar-refractivity contribution >= 4 is 13.3 Å². The highest BCUT2D eigenvalue weighted by atomic mass is 16.7. The maximum absolute atomic E-state index is 6.06. The second-order valence-electron chi connectivity index (χ2n) is 6.80. The van der Waals surface area contributed by atoms with Gasteiger partial charge in [0.25, 0.3) is 0 Å². The van der Waals surface area contributed by atoms with Gasteiger partial charge in [0.15, 0.2) is 0 Å². The molecule has 1 aliphatic heterocycles. The first kappa shape index (κ1) is 18.9. The molecule has 1 atom stereocenters. The molecule has 1 rings (SSSR count). The summed E-state index contributed by atoms with van der Waals surface area (Å²) >= 11 is 0.